The van der Waals surface area contributed by atoms with Crippen LogP contribution in [-0.4, -0.2) is 16.0 Å². The molecule has 5 aromatic carbocycles. The van der Waals surface area contributed by atoms with Crippen LogP contribution in [-0.2, 0) is 10.3 Å². The molecule has 7 rings (SSSR count). The number of halogens is 1. The second-order valence-electron chi connectivity index (χ2n) is 11.0. The molecule has 43 heavy (non-hydrogen) atoms. The first-order valence-electron chi connectivity index (χ1n) is 14.5. The average molecular weight is 580 g/mol. The van der Waals surface area contributed by atoms with Crippen LogP contribution in [0.2, 0.25) is 5.02 Å². The molecule has 1 fully saturated rings. The van der Waals surface area contributed by atoms with Crippen molar-refractivity contribution < 1.29 is 4.79 Å². The molecule has 2 unspecified atom stereocenters. The van der Waals surface area contributed by atoms with Gasteiger partial charge in [-0.25, -0.2) is 4.98 Å². The van der Waals surface area contributed by atoms with Crippen LogP contribution in [0, 0.1) is 0 Å². The molecule has 1 saturated carbocycles. The highest BCUT2D eigenvalue weighted by Gasteiger charge is 2.42. The zero-order chi connectivity index (χ0) is 29.2. The Balaban J connectivity index is 1.33. The Labute approximate surface area is 256 Å². The van der Waals surface area contributed by atoms with Crippen LogP contribution in [0.5, 0.6) is 0 Å². The number of rotatable bonds is 9. The van der Waals surface area contributed by atoms with E-state index in [2.05, 4.69) is 95.6 Å². The second-order valence-corrected chi connectivity index (χ2v) is 11.4. The summed E-state index contributed by atoms with van der Waals surface area (Å²) in [6.45, 7) is 0. The van der Waals surface area contributed by atoms with E-state index >= 15 is 0 Å². The van der Waals surface area contributed by atoms with Gasteiger partial charge in [-0.05, 0) is 64.3 Å². The summed E-state index contributed by atoms with van der Waals surface area (Å²) < 4.78 is 2.13. The summed E-state index contributed by atoms with van der Waals surface area (Å²) in [6, 6.07) is 47.6. The lowest BCUT2D eigenvalue weighted by molar-refractivity contribution is -0.106. The molecule has 1 aliphatic carbocycles. The molecule has 1 aliphatic rings. The number of carbonyl (C=O) groups excluding carboxylic acids is 1. The van der Waals surface area contributed by atoms with Gasteiger partial charge in [0.05, 0.1) is 18.2 Å². The van der Waals surface area contributed by atoms with Gasteiger partial charge in [0.15, 0.2) is 5.82 Å². The molecule has 210 valence electrons. The van der Waals surface area contributed by atoms with Gasteiger partial charge in [-0.3, -0.25) is 9.69 Å². The van der Waals surface area contributed by atoms with E-state index in [9.17, 15) is 4.79 Å². The van der Waals surface area contributed by atoms with Gasteiger partial charge < -0.3 is 4.57 Å². The van der Waals surface area contributed by atoms with Gasteiger partial charge in [-0.15, -0.1) is 0 Å². The molecule has 2 atom stereocenters. The zero-order valence-electron chi connectivity index (χ0n) is 23.5. The van der Waals surface area contributed by atoms with Crippen molar-refractivity contribution in [3.05, 3.63) is 185 Å². The second kappa shape index (κ2) is 11.4. The third-order valence-electron chi connectivity index (χ3n) is 8.57. The zero-order valence-corrected chi connectivity index (χ0v) is 24.3. The minimum atomic E-state index is -0.709. The van der Waals surface area contributed by atoms with E-state index in [0.29, 0.717) is 17.7 Å². The summed E-state index contributed by atoms with van der Waals surface area (Å²) in [4.78, 5) is 19.4. The molecule has 6 aromatic rings. The van der Waals surface area contributed by atoms with E-state index in [4.69, 9.17) is 16.6 Å². The lowest BCUT2D eigenvalue weighted by Gasteiger charge is -2.37. The fourth-order valence-corrected chi connectivity index (χ4v) is 6.60. The van der Waals surface area contributed by atoms with Crippen molar-refractivity contribution in [1.29, 1.82) is 0 Å². The molecule has 1 aromatic heterocycles. The van der Waals surface area contributed by atoms with Gasteiger partial charge in [0.2, 0.25) is 6.41 Å². The van der Waals surface area contributed by atoms with Crippen LogP contribution in [0.3, 0.4) is 0 Å². The SMILES string of the molecule is O=CN(c1cn(C(c2ccccc2)(c2ccccc2)c2ccccc2)cn1)c1ccccc1C1CC1c1ccc(Cl)cc1. The van der Waals surface area contributed by atoms with Gasteiger partial charge in [-0.1, -0.05) is 133 Å². The number of aromatic nitrogens is 2. The first-order chi connectivity index (χ1) is 21.2. The number of imidazole rings is 1. The van der Waals surface area contributed by atoms with Crippen LogP contribution in [0.15, 0.2) is 152 Å². The maximum absolute atomic E-state index is 12.8. The Morgan fingerprint density at radius 1 is 0.698 bits per heavy atom. The van der Waals surface area contributed by atoms with E-state index in [0.717, 1.165) is 45.8 Å². The lowest BCUT2D eigenvalue weighted by Crippen LogP contribution is -2.37. The van der Waals surface area contributed by atoms with Crippen molar-refractivity contribution in [2.45, 2.75) is 23.8 Å². The monoisotopic (exact) mass is 579 g/mol. The maximum atomic E-state index is 12.8. The van der Waals surface area contributed by atoms with Crippen LogP contribution in [0.4, 0.5) is 11.5 Å². The Bertz CT molecular complexity index is 1740. The summed E-state index contributed by atoms with van der Waals surface area (Å²) in [6.07, 6.45) is 5.73. The maximum Gasteiger partial charge on any atom is 0.219 e. The molecule has 0 aliphatic heterocycles. The fourth-order valence-electron chi connectivity index (χ4n) is 6.48. The van der Waals surface area contributed by atoms with Crippen molar-refractivity contribution in [1.82, 2.24) is 9.55 Å². The van der Waals surface area contributed by atoms with Crippen molar-refractivity contribution in [2.75, 3.05) is 4.90 Å². The molecule has 1 heterocycles. The molecule has 1 amide bonds. The molecule has 5 heteroatoms. The van der Waals surface area contributed by atoms with Crippen LogP contribution < -0.4 is 4.90 Å². The van der Waals surface area contributed by atoms with E-state index in [1.165, 1.54) is 5.56 Å². The summed E-state index contributed by atoms with van der Waals surface area (Å²) in [5.74, 6) is 1.28. The topological polar surface area (TPSA) is 38.1 Å². The van der Waals surface area contributed by atoms with Crippen LogP contribution in [0.25, 0.3) is 0 Å². The number of benzene rings is 5. The number of hydrogen-bond donors (Lipinski definition) is 0. The third-order valence-corrected chi connectivity index (χ3v) is 8.82. The number of nitrogens with zero attached hydrogens (tertiary/aromatic N) is 3. The molecule has 0 bridgehead atoms. The van der Waals surface area contributed by atoms with Gasteiger partial charge in [-0.2, -0.15) is 0 Å². The fraction of sp³-hybridized carbons (Fsp3) is 0.105. The summed E-state index contributed by atoms with van der Waals surface area (Å²) in [5.41, 5.74) is 5.84. The molecular weight excluding hydrogens is 550 g/mol. The number of anilines is 2. The smallest absolute Gasteiger partial charge is 0.219 e. The Kier molecular flexibility index (Phi) is 7.14. The lowest BCUT2D eigenvalue weighted by atomic mass is 9.77. The van der Waals surface area contributed by atoms with Crippen molar-refractivity contribution in [2.24, 2.45) is 0 Å². The number of carbonyl (C=O) groups is 1. The number of hydrogen-bond acceptors (Lipinski definition) is 2. The van der Waals surface area contributed by atoms with Gasteiger partial charge in [0.25, 0.3) is 0 Å². The van der Waals surface area contributed by atoms with Crippen molar-refractivity contribution >= 4 is 29.5 Å². The largest absolute Gasteiger partial charge is 0.317 e. The minimum absolute atomic E-state index is 0.318. The predicted molar refractivity (Wildman–Crippen MR) is 173 cm³/mol. The Hall–Kier alpha value is -4.93. The van der Waals surface area contributed by atoms with E-state index < -0.39 is 5.54 Å². The van der Waals surface area contributed by atoms with E-state index in [1.807, 2.05) is 61.1 Å². The summed E-state index contributed by atoms with van der Waals surface area (Å²) in [7, 11) is 0. The highest BCUT2D eigenvalue weighted by atomic mass is 35.5. The van der Waals surface area contributed by atoms with E-state index in [1.54, 1.807) is 4.90 Å². The highest BCUT2D eigenvalue weighted by Crippen LogP contribution is 2.57. The Morgan fingerprint density at radius 3 is 1.79 bits per heavy atom. The summed E-state index contributed by atoms with van der Waals surface area (Å²) >= 11 is 6.14. The van der Waals surface area contributed by atoms with E-state index in [-0.39, 0.29) is 0 Å². The normalized spacial score (nSPS) is 16.0. The number of amides is 1. The summed E-state index contributed by atoms with van der Waals surface area (Å²) in [5, 5.41) is 0.738. The van der Waals surface area contributed by atoms with Gasteiger partial charge >= 0.3 is 0 Å². The average Bonchev–Trinajstić information content (AvgIpc) is 3.72. The standard InChI is InChI=1S/C38H30ClN3O/c39-32-22-20-28(21-23-32)34-24-35(34)33-18-10-11-19-36(33)42(27-43)37-25-41(26-40-37)38(29-12-4-1-5-13-29,30-14-6-2-7-15-30)31-16-8-3-9-17-31/h1-23,25-27,34-35H,24H2. The molecule has 0 N–H and O–H groups in total. The molecule has 0 spiro atoms. The quantitative estimate of drug-likeness (QED) is 0.127. The van der Waals surface area contributed by atoms with Gasteiger partial charge in [0.1, 0.15) is 5.54 Å². The minimum Gasteiger partial charge on any atom is -0.317 e. The van der Waals surface area contributed by atoms with Crippen molar-refractivity contribution in [3.63, 3.8) is 0 Å². The predicted octanol–water partition coefficient (Wildman–Crippen LogP) is 8.94. The van der Waals surface area contributed by atoms with Crippen LogP contribution >= 0.6 is 11.6 Å². The van der Waals surface area contributed by atoms with Crippen LogP contribution in [0.1, 0.15) is 46.1 Å². The highest BCUT2D eigenvalue weighted by molar-refractivity contribution is 6.30. The Morgan fingerprint density at radius 2 is 1.23 bits per heavy atom. The van der Waals surface area contributed by atoms with Crippen molar-refractivity contribution in [3.8, 4) is 0 Å². The molecule has 0 radical (unpaired) electrons. The van der Waals surface area contributed by atoms with Gasteiger partial charge in [0, 0.05) is 5.02 Å². The molecule has 4 nitrogen and oxygen atoms in total. The molecule has 0 saturated heterocycles. The molecular formula is C38H30ClN3O. The third kappa shape index (κ3) is 4.84. The first-order valence-corrected chi connectivity index (χ1v) is 14.9. The number of para-hydroxylation sites is 1. The first kappa shape index (κ1) is 26.9.